The first-order valence-electron chi connectivity index (χ1n) is 8.53. The lowest BCUT2D eigenvalue weighted by atomic mass is 10.2. The Labute approximate surface area is 145 Å². The summed E-state index contributed by atoms with van der Waals surface area (Å²) in [5, 5.41) is 16.0. The van der Waals surface area contributed by atoms with E-state index in [0.717, 1.165) is 24.4 Å². The van der Waals surface area contributed by atoms with Gasteiger partial charge in [-0.15, -0.1) is 15.3 Å². The van der Waals surface area contributed by atoms with Crippen molar-refractivity contribution in [2.75, 3.05) is 10.2 Å². The van der Waals surface area contributed by atoms with Gasteiger partial charge in [-0.3, -0.25) is 4.79 Å². The topological polar surface area (TPSA) is 75.4 Å². The molecule has 25 heavy (non-hydrogen) atoms. The number of fused-ring (bicyclic) bond motifs is 1. The minimum atomic E-state index is -0.290. The summed E-state index contributed by atoms with van der Waals surface area (Å²) in [4.78, 5) is 14.7. The van der Waals surface area contributed by atoms with E-state index in [4.69, 9.17) is 0 Å². The number of rotatable bonds is 4. The lowest BCUT2D eigenvalue weighted by molar-refractivity contribution is -0.117. The predicted molar refractivity (Wildman–Crippen MR) is 95.6 cm³/mol. The second-order valence-electron chi connectivity index (χ2n) is 6.28. The van der Waals surface area contributed by atoms with Crippen molar-refractivity contribution in [2.24, 2.45) is 0 Å². The summed E-state index contributed by atoms with van der Waals surface area (Å²) in [5.41, 5.74) is 1.64. The molecule has 0 bridgehead atoms. The van der Waals surface area contributed by atoms with Crippen molar-refractivity contribution >= 4 is 23.1 Å². The van der Waals surface area contributed by atoms with Crippen LogP contribution in [-0.4, -0.2) is 37.8 Å². The molecule has 0 radical (unpaired) electrons. The van der Waals surface area contributed by atoms with E-state index >= 15 is 0 Å². The van der Waals surface area contributed by atoms with Gasteiger partial charge >= 0.3 is 0 Å². The molecule has 2 unspecified atom stereocenters. The maximum Gasteiger partial charge on any atom is 0.249 e. The van der Waals surface area contributed by atoms with E-state index in [1.807, 2.05) is 54.3 Å². The highest BCUT2D eigenvalue weighted by Gasteiger charge is 2.38. The molecule has 1 amide bonds. The van der Waals surface area contributed by atoms with Crippen molar-refractivity contribution in [1.29, 1.82) is 0 Å². The van der Waals surface area contributed by atoms with Gasteiger partial charge in [0.05, 0.1) is 0 Å². The van der Waals surface area contributed by atoms with Gasteiger partial charge in [-0.1, -0.05) is 25.1 Å². The first-order valence-corrected chi connectivity index (χ1v) is 8.53. The van der Waals surface area contributed by atoms with Gasteiger partial charge in [0.2, 0.25) is 5.91 Å². The molecular formula is C18H20N6O. The molecule has 0 aliphatic carbocycles. The summed E-state index contributed by atoms with van der Waals surface area (Å²) in [6.07, 6.45) is 1.48. The zero-order valence-corrected chi connectivity index (χ0v) is 14.3. The zero-order valence-electron chi connectivity index (χ0n) is 14.3. The lowest BCUT2D eigenvalue weighted by Crippen LogP contribution is -2.35. The van der Waals surface area contributed by atoms with Gasteiger partial charge < -0.3 is 10.2 Å². The number of carbonyl (C=O) groups excluding carboxylic acids is 1. The zero-order chi connectivity index (χ0) is 17.4. The average Bonchev–Trinajstić information content (AvgIpc) is 3.16. The fourth-order valence-corrected chi connectivity index (χ4v) is 3.33. The molecule has 2 aromatic heterocycles. The fraction of sp³-hybridized carbons (Fsp3) is 0.333. The smallest absolute Gasteiger partial charge is 0.249 e. The van der Waals surface area contributed by atoms with Crippen molar-refractivity contribution in [3.05, 3.63) is 48.3 Å². The Morgan fingerprint density at radius 2 is 1.96 bits per heavy atom. The molecule has 7 heteroatoms. The number of carbonyl (C=O) groups is 1. The molecule has 2 atom stereocenters. The van der Waals surface area contributed by atoms with Crippen LogP contribution in [0.25, 0.3) is 5.65 Å². The average molecular weight is 336 g/mol. The summed E-state index contributed by atoms with van der Waals surface area (Å²) in [5.74, 6) is 1.53. The van der Waals surface area contributed by atoms with E-state index in [1.165, 1.54) is 0 Å². The third-order valence-corrected chi connectivity index (χ3v) is 4.55. The summed E-state index contributed by atoms with van der Waals surface area (Å²) in [7, 11) is 0. The van der Waals surface area contributed by atoms with Crippen LogP contribution in [0.3, 0.4) is 0 Å². The van der Waals surface area contributed by atoms with Gasteiger partial charge in [0.15, 0.2) is 11.5 Å². The van der Waals surface area contributed by atoms with Gasteiger partial charge in [0.1, 0.15) is 11.9 Å². The number of nitrogens with zero attached hydrogens (tertiary/aromatic N) is 5. The molecule has 3 heterocycles. The van der Waals surface area contributed by atoms with Crippen molar-refractivity contribution < 1.29 is 4.79 Å². The molecule has 0 saturated carbocycles. The Morgan fingerprint density at radius 3 is 2.72 bits per heavy atom. The number of amides is 1. The maximum absolute atomic E-state index is 12.9. The molecule has 7 nitrogen and oxygen atoms in total. The van der Waals surface area contributed by atoms with E-state index in [9.17, 15) is 4.79 Å². The number of anilines is 2. The van der Waals surface area contributed by atoms with Crippen LogP contribution in [-0.2, 0) is 11.2 Å². The number of hydrogen-bond acceptors (Lipinski definition) is 5. The highest BCUT2D eigenvalue weighted by atomic mass is 16.2. The van der Waals surface area contributed by atoms with E-state index in [0.29, 0.717) is 11.5 Å². The Morgan fingerprint density at radius 1 is 1.16 bits per heavy atom. The molecule has 4 rings (SSSR count). The first-order chi connectivity index (χ1) is 12.2. The lowest BCUT2D eigenvalue weighted by Gasteiger charge is -2.21. The summed E-state index contributed by atoms with van der Waals surface area (Å²) >= 11 is 0. The number of nitrogens with one attached hydrogen (secondary N) is 1. The molecule has 1 aliphatic heterocycles. The van der Waals surface area contributed by atoms with E-state index < -0.39 is 0 Å². The van der Waals surface area contributed by atoms with Gasteiger partial charge in [-0.2, -0.15) is 4.52 Å². The number of aryl methyl sites for hydroxylation is 1. The Balaban J connectivity index is 1.58. The van der Waals surface area contributed by atoms with Crippen molar-refractivity contribution in [3.8, 4) is 0 Å². The van der Waals surface area contributed by atoms with E-state index in [1.54, 1.807) is 4.52 Å². The van der Waals surface area contributed by atoms with Crippen molar-refractivity contribution in [1.82, 2.24) is 19.8 Å². The summed E-state index contributed by atoms with van der Waals surface area (Å²) in [6.45, 7) is 4.08. The van der Waals surface area contributed by atoms with Crippen LogP contribution < -0.4 is 10.2 Å². The van der Waals surface area contributed by atoms with Crippen LogP contribution in [0, 0.1) is 0 Å². The molecule has 0 spiro atoms. The maximum atomic E-state index is 12.9. The first kappa shape index (κ1) is 15.6. The van der Waals surface area contributed by atoms with Crippen LogP contribution in [0.2, 0.25) is 0 Å². The van der Waals surface area contributed by atoms with Crippen LogP contribution >= 0.6 is 0 Å². The van der Waals surface area contributed by atoms with Crippen LogP contribution in [0.15, 0.2) is 42.5 Å². The molecule has 1 fully saturated rings. The van der Waals surface area contributed by atoms with E-state index in [-0.39, 0.29) is 18.0 Å². The molecule has 1 aliphatic rings. The number of para-hydroxylation sites is 1. The molecule has 3 aromatic rings. The highest BCUT2D eigenvalue weighted by Crippen LogP contribution is 2.28. The fourth-order valence-electron chi connectivity index (χ4n) is 3.33. The second kappa shape index (κ2) is 6.16. The highest BCUT2D eigenvalue weighted by molar-refractivity contribution is 6.01. The summed E-state index contributed by atoms with van der Waals surface area (Å²) in [6, 6.07) is 13.3. The van der Waals surface area contributed by atoms with Crippen LogP contribution in [0.4, 0.5) is 11.5 Å². The molecule has 1 saturated heterocycles. The minimum Gasteiger partial charge on any atom is -0.357 e. The standard InChI is InChI=1S/C18H20N6O/c1-3-16-20-21-17-10-9-15(22-24(16)17)19-14-11-12(2)23(18(14)25)13-7-5-4-6-8-13/h4-10,12,14H,3,11H2,1-2H3,(H,19,22). The third-order valence-electron chi connectivity index (χ3n) is 4.55. The third kappa shape index (κ3) is 2.71. The summed E-state index contributed by atoms with van der Waals surface area (Å²) < 4.78 is 1.72. The molecule has 1 N–H and O–H groups in total. The number of aromatic nitrogens is 4. The largest absolute Gasteiger partial charge is 0.357 e. The quantitative estimate of drug-likeness (QED) is 0.791. The van der Waals surface area contributed by atoms with Crippen molar-refractivity contribution in [2.45, 2.75) is 38.8 Å². The molecule has 128 valence electrons. The van der Waals surface area contributed by atoms with E-state index in [2.05, 4.69) is 27.5 Å². The van der Waals surface area contributed by atoms with Gasteiger partial charge in [0.25, 0.3) is 0 Å². The van der Waals surface area contributed by atoms with Crippen LogP contribution in [0.1, 0.15) is 26.1 Å². The Bertz CT molecular complexity index is 906. The SMILES string of the molecule is CCc1nnc2ccc(NC3CC(C)N(c4ccccc4)C3=O)nn12. The van der Waals surface area contributed by atoms with Gasteiger partial charge in [-0.25, -0.2) is 0 Å². The van der Waals surface area contributed by atoms with Gasteiger partial charge in [-0.05, 0) is 37.6 Å². The normalized spacial score (nSPS) is 20.4. The Kier molecular flexibility index (Phi) is 3.83. The van der Waals surface area contributed by atoms with Crippen molar-refractivity contribution in [3.63, 3.8) is 0 Å². The Hall–Kier alpha value is -2.96. The predicted octanol–water partition coefficient (Wildman–Crippen LogP) is 2.29. The number of benzene rings is 1. The molecular weight excluding hydrogens is 316 g/mol. The van der Waals surface area contributed by atoms with Crippen LogP contribution in [0.5, 0.6) is 0 Å². The monoisotopic (exact) mass is 336 g/mol. The van der Waals surface area contributed by atoms with Gasteiger partial charge in [0, 0.05) is 18.2 Å². The molecule has 1 aromatic carbocycles. The number of hydrogen-bond donors (Lipinski definition) is 1. The minimum absolute atomic E-state index is 0.0695. The second-order valence-corrected chi connectivity index (χ2v) is 6.28.